The van der Waals surface area contributed by atoms with E-state index in [2.05, 4.69) is 0 Å². The van der Waals surface area contributed by atoms with Gasteiger partial charge in [0.2, 0.25) is 0 Å². The van der Waals surface area contributed by atoms with Crippen LogP contribution in [0.4, 0.5) is 0 Å². The number of nitrogen functional groups attached to an aromatic ring is 1. The molecular weight excluding hydrogens is 270 g/mol. The predicted molar refractivity (Wildman–Crippen MR) is 80.2 cm³/mol. The van der Waals surface area contributed by atoms with Crippen molar-refractivity contribution in [3.8, 4) is 11.5 Å². The lowest BCUT2D eigenvalue weighted by Gasteiger charge is -2.12. The van der Waals surface area contributed by atoms with E-state index < -0.39 is 0 Å². The Morgan fingerprint density at radius 2 is 2.10 bits per heavy atom. The molecule has 1 heterocycles. The fourth-order valence-corrected chi connectivity index (χ4v) is 1.85. The molecule has 0 amide bonds. The molecule has 6 nitrogen and oxygen atoms in total. The highest BCUT2D eigenvalue weighted by atomic mass is 16.5. The van der Waals surface area contributed by atoms with Gasteiger partial charge in [-0.3, -0.25) is 10.2 Å². The average molecular weight is 287 g/mol. The van der Waals surface area contributed by atoms with Gasteiger partial charge in [-0.05, 0) is 24.3 Å². The first-order chi connectivity index (χ1) is 10.1. The number of methoxy groups -OCH3 is 1. The molecule has 110 valence electrons. The van der Waals surface area contributed by atoms with Crippen LogP contribution in [0.3, 0.4) is 0 Å². The topological polar surface area (TPSA) is 90.3 Å². The predicted octanol–water partition coefficient (Wildman–Crippen LogP) is 1.22. The number of rotatable bonds is 6. The zero-order chi connectivity index (χ0) is 15.2. The van der Waals surface area contributed by atoms with E-state index in [0.29, 0.717) is 30.2 Å². The molecule has 2 rings (SSSR count). The van der Waals surface area contributed by atoms with E-state index in [1.165, 1.54) is 13.2 Å². The van der Waals surface area contributed by atoms with Crippen molar-refractivity contribution in [1.82, 2.24) is 4.57 Å². The van der Waals surface area contributed by atoms with Crippen molar-refractivity contribution in [2.75, 3.05) is 13.7 Å². The molecule has 2 aromatic rings. The lowest BCUT2D eigenvalue weighted by Crippen LogP contribution is -2.21. The monoisotopic (exact) mass is 287 g/mol. The Hall–Kier alpha value is -2.76. The molecular formula is C15H17N3O3. The molecule has 3 N–H and O–H groups in total. The van der Waals surface area contributed by atoms with E-state index in [1.54, 1.807) is 41.1 Å². The molecule has 0 saturated carbocycles. The minimum atomic E-state index is -0.0695. The second-order valence-corrected chi connectivity index (χ2v) is 4.36. The molecule has 1 aromatic heterocycles. The van der Waals surface area contributed by atoms with Gasteiger partial charge < -0.3 is 19.8 Å². The molecule has 0 aliphatic heterocycles. The van der Waals surface area contributed by atoms with Gasteiger partial charge in [-0.15, -0.1) is 0 Å². The first kappa shape index (κ1) is 14.6. The van der Waals surface area contributed by atoms with Crippen molar-refractivity contribution in [3.05, 3.63) is 58.5 Å². The fraction of sp³-hybridized carbons (Fsp3) is 0.200. The van der Waals surface area contributed by atoms with Crippen LogP contribution >= 0.6 is 0 Å². The summed E-state index contributed by atoms with van der Waals surface area (Å²) in [6, 6.07) is 10.0. The molecule has 0 unspecified atom stereocenters. The highest BCUT2D eigenvalue weighted by Crippen LogP contribution is 2.27. The standard InChI is InChI=1S/C15H17N3O3/c1-20-13-10-11(15(16)17)5-6-12(13)21-9-8-18-7-3-2-4-14(18)19/h2-7,10H,8-9H2,1H3,(H3,16,17). The maximum atomic E-state index is 11.5. The summed E-state index contributed by atoms with van der Waals surface area (Å²) >= 11 is 0. The third-order valence-corrected chi connectivity index (χ3v) is 2.96. The Balaban J connectivity index is 2.05. The van der Waals surface area contributed by atoms with Crippen LogP contribution in [-0.4, -0.2) is 24.1 Å². The summed E-state index contributed by atoms with van der Waals surface area (Å²) < 4.78 is 12.4. The number of hydrogen-bond acceptors (Lipinski definition) is 4. The van der Waals surface area contributed by atoms with E-state index in [1.807, 2.05) is 0 Å². The number of nitrogens with zero attached hydrogens (tertiary/aromatic N) is 1. The van der Waals surface area contributed by atoms with Crippen LogP contribution < -0.4 is 20.8 Å². The van der Waals surface area contributed by atoms with Crippen molar-refractivity contribution >= 4 is 5.84 Å². The SMILES string of the molecule is COc1cc(C(=N)N)ccc1OCCn1ccccc1=O. The molecule has 0 aliphatic rings. The van der Waals surface area contributed by atoms with Crippen LogP contribution in [-0.2, 0) is 6.54 Å². The molecule has 21 heavy (non-hydrogen) atoms. The van der Waals surface area contributed by atoms with Crippen LogP contribution in [0.1, 0.15) is 5.56 Å². The van der Waals surface area contributed by atoms with Gasteiger partial charge >= 0.3 is 0 Å². The maximum absolute atomic E-state index is 11.5. The number of pyridine rings is 1. The maximum Gasteiger partial charge on any atom is 0.250 e. The molecule has 0 atom stereocenters. The fourth-order valence-electron chi connectivity index (χ4n) is 1.85. The van der Waals surface area contributed by atoms with E-state index in [9.17, 15) is 4.79 Å². The van der Waals surface area contributed by atoms with Crippen molar-refractivity contribution in [2.24, 2.45) is 5.73 Å². The van der Waals surface area contributed by atoms with Gasteiger partial charge in [0.15, 0.2) is 11.5 Å². The zero-order valence-electron chi connectivity index (χ0n) is 11.7. The Bertz CT molecular complexity index is 695. The van der Waals surface area contributed by atoms with Gasteiger partial charge in [0.25, 0.3) is 5.56 Å². The first-order valence-electron chi connectivity index (χ1n) is 6.42. The summed E-state index contributed by atoms with van der Waals surface area (Å²) in [5.74, 6) is 1.02. The van der Waals surface area contributed by atoms with Crippen LogP contribution in [0, 0.1) is 5.41 Å². The summed E-state index contributed by atoms with van der Waals surface area (Å²) in [5, 5.41) is 7.40. The minimum absolute atomic E-state index is 0.0318. The van der Waals surface area contributed by atoms with Crippen LogP contribution in [0.25, 0.3) is 0 Å². The van der Waals surface area contributed by atoms with Crippen LogP contribution in [0.5, 0.6) is 11.5 Å². The van der Waals surface area contributed by atoms with Crippen molar-refractivity contribution in [1.29, 1.82) is 5.41 Å². The largest absolute Gasteiger partial charge is 0.493 e. The van der Waals surface area contributed by atoms with Crippen molar-refractivity contribution in [2.45, 2.75) is 6.54 Å². The van der Waals surface area contributed by atoms with Gasteiger partial charge in [0.1, 0.15) is 12.4 Å². The lowest BCUT2D eigenvalue weighted by atomic mass is 10.2. The van der Waals surface area contributed by atoms with Gasteiger partial charge in [-0.2, -0.15) is 0 Å². The van der Waals surface area contributed by atoms with E-state index in [0.717, 1.165) is 0 Å². The number of hydrogen-bond donors (Lipinski definition) is 2. The first-order valence-corrected chi connectivity index (χ1v) is 6.42. The second-order valence-electron chi connectivity index (χ2n) is 4.36. The van der Waals surface area contributed by atoms with Gasteiger partial charge in [0, 0.05) is 17.8 Å². The number of nitrogens with two attached hydrogens (primary N) is 1. The van der Waals surface area contributed by atoms with Gasteiger partial charge in [-0.1, -0.05) is 6.07 Å². The molecule has 0 radical (unpaired) electrons. The van der Waals surface area contributed by atoms with Crippen LogP contribution in [0.15, 0.2) is 47.4 Å². The molecule has 0 spiro atoms. The van der Waals surface area contributed by atoms with Crippen LogP contribution in [0.2, 0.25) is 0 Å². The Morgan fingerprint density at radius 1 is 1.29 bits per heavy atom. The van der Waals surface area contributed by atoms with Crippen molar-refractivity contribution in [3.63, 3.8) is 0 Å². The highest BCUT2D eigenvalue weighted by molar-refractivity contribution is 5.95. The molecule has 0 saturated heterocycles. The van der Waals surface area contributed by atoms with E-state index in [4.69, 9.17) is 20.6 Å². The zero-order valence-corrected chi connectivity index (χ0v) is 11.7. The van der Waals surface area contributed by atoms with Gasteiger partial charge in [-0.25, -0.2) is 0 Å². The van der Waals surface area contributed by atoms with E-state index >= 15 is 0 Å². The summed E-state index contributed by atoms with van der Waals surface area (Å²) in [6.45, 7) is 0.775. The minimum Gasteiger partial charge on any atom is -0.493 e. The normalized spacial score (nSPS) is 10.1. The molecule has 0 bridgehead atoms. The van der Waals surface area contributed by atoms with Crippen molar-refractivity contribution < 1.29 is 9.47 Å². The smallest absolute Gasteiger partial charge is 0.250 e. The summed E-state index contributed by atoms with van der Waals surface area (Å²) in [7, 11) is 1.52. The molecule has 0 aliphatic carbocycles. The highest BCUT2D eigenvalue weighted by Gasteiger charge is 2.07. The number of nitrogens with one attached hydrogen (secondary N) is 1. The quantitative estimate of drug-likeness (QED) is 0.617. The number of ether oxygens (including phenoxy) is 2. The summed E-state index contributed by atoms with van der Waals surface area (Å²) in [6.07, 6.45) is 1.71. The number of aromatic nitrogens is 1. The lowest BCUT2D eigenvalue weighted by molar-refractivity contribution is 0.278. The Labute approximate surface area is 122 Å². The second kappa shape index (κ2) is 6.60. The Morgan fingerprint density at radius 3 is 2.76 bits per heavy atom. The van der Waals surface area contributed by atoms with E-state index in [-0.39, 0.29) is 11.4 Å². The third kappa shape index (κ3) is 3.62. The third-order valence-electron chi connectivity index (χ3n) is 2.96. The Kier molecular flexibility index (Phi) is 4.61. The number of amidine groups is 1. The summed E-state index contributed by atoms with van der Waals surface area (Å²) in [5.41, 5.74) is 5.93. The molecule has 6 heteroatoms. The average Bonchev–Trinajstić information content (AvgIpc) is 2.49. The molecule has 0 fully saturated rings. The molecule has 1 aromatic carbocycles. The summed E-state index contributed by atoms with van der Waals surface area (Å²) in [4.78, 5) is 11.5. The van der Waals surface area contributed by atoms with Gasteiger partial charge in [0.05, 0.1) is 13.7 Å². The number of benzene rings is 1.